The number of carbonyl (C=O) groups is 1. The lowest BCUT2D eigenvalue weighted by molar-refractivity contribution is -0.121. The van der Waals surface area contributed by atoms with Crippen LogP contribution in [0.1, 0.15) is 31.2 Å². The molecule has 5 heteroatoms. The van der Waals surface area contributed by atoms with Gasteiger partial charge in [-0.1, -0.05) is 12.1 Å². The maximum Gasteiger partial charge on any atom is 0.220 e. The summed E-state index contributed by atoms with van der Waals surface area (Å²) in [7, 11) is 1.66. The summed E-state index contributed by atoms with van der Waals surface area (Å²) in [4.78, 5) is 11.9. The average molecular weight is 327 g/mol. The molecule has 0 aromatic heterocycles. The molecule has 0 radical (unpaired) electrons. The van der Waals surface area contributed by atoms with Crippen LogP contribution in [0.3, 0.4) is 0 Å². The topological polar surface area (TPSA) is 50.4 Å². The van der Waals surface area contributed by atoms with Crippen molar-refractivity contribution >= 4 is 18.3 Å². The van der Waals surface area contributed by atoms with Crippen LogP contribution in [0.25, 0.3) is 0 Å². The van der Waals surface area contributed by atoms with E-state index in [1.54, 1.807) is 7.11 Å². The molecule has 1 aliphatic rings. The van der Waals surface area contributed by atoms with E-state index in [4.69, 9.17) is 4.74 Å². The third-order valence-electron chi connectivity index (χ3n) is 4.05. The Bertz CT molecular complexity index is 448. The zero-order chi connectivity index (χ0) is 14.9. The van der Waals surface area contributed by atoms with E-state index >= 15 is 0 Å². The van der Waals surface area contributed by atoms with Crippen LogP contribution < -0.4 is 15.4 Å². The molecule has 1 fully saturated rings. The van der Waals surface area contributed by atoms with Crippen molar-refractivity contribution in [2.45, 2.75) is 32.1 Å². The van der Waals surface area contributed by atoms with E-state index in [1.165, 1.54) is 12.8 Å². The number of halogens is 1. The summed E-state index contributed by atoms with van der Waals surface area (Å²) in [6, 6.07) is 7.90. The molecule has 1 aromatic rings. The molecule has 1 unspecified atom stereocenters. The molecule has 22 heavy (non-hydrogen) atoms. The minimum Gasteiger partial charge on any atom is -0.497 e. The first-order chi connectivity index (χ1) is 10.3. The van der Waals surface area contributed by atoms with Crippen molar-refractivity contribution < 1.29 is 9.53 Å². The predicted octanol–water partition coefficient (Wildman–Crippen LogP) is 2.56. The highest BCUT2D eigenvalue weighted by Gasteiger charge is 2.12. The maximum atomic E-state index is 11.9. The molecule has 0 spiro atoms. The number of piperidine rings is 1. The van der Waals surface area contributed by atoms with Gasteiger partial charge < -0.3 is 15.4 Å². The Morgan fingerprint density at radius 1 is 1.45 bits per heavy atom. The molecule has 0 aliphatic carbocycles. The molecular formula is C17H27ClN2O2. The number of aryl methyl sites for hydroxylation is 1. The summed E-state index contributed by atoms with van der Waals surface area (Å²) in [5.74, 6) is 1.71. The zero-order valence-corrected chi connectivity index (χ0v) is 14.1. The molecule has 1 heterocycles. The van der Waals surface area contributed by atoms with Gasteiger partial charge in [0.25, 0.3) is 0 Å². The second kappa shape index (κ2) is 10.5. The van der Waals surface area contributed by atoms with Crippen molar-refractivity contribution in [1.29, 1.82) is 0 Å². The van der Waals surface area contributed by atoms with E-state index in [0.29, 0.717) is 6.42 Å². The Labute approximate surface area is 139 Å². The molecule has 1 atom stereocenters. The first kappa shape index (κ1) is 18.8. The number of carbonyl (C=O) groups excluding carboxylic acids is 1. The van der Waals surface area contributed by atoms with Gasteiger partial charge in [-0.15, -0.1) is 12.4 Å². The highest BCUT2D eigenvalue weighted by Crippen LogP contribution is 2.14. The van der Waals surface area contributed by atoms with Gasteiger partial charge in [0, 0.05) is 13.0 Å². The van der Waals surface area contributed by atoms with Crippen molar-refractivity contribution in [2.75, 3.05) is 26.7 Å². The van der Waals surface area contributed by atoms with E-state index in [2.05, 4.69) is 10.6 Å². The summed E-state index contributed by atoms with van der Waals surface area (Å²) in [5, 5.41) is 6.44. The molecule has 2 rings (SSSR count). The quantitative estimate of drug-likeness (QED) is 0.809. The van der Waals surface area contributed by atoms with Crippen molar-refractivity contribution in [3.05, 3.63) is 29.8 Å². The lowest BCUT2D eigenvalue weighted by Gasteiger charge is -2.22. The van der Waals surface area contributed by atoms with Crippen LogP contribution in [0.5, 0.6) is 5.75 Å². The normalized spacial score (nSPS) is 17.4. The number of nitrogens with one attached hydrogen (secondary N) is 2. The van der Waals surface area contributed by atoms with Gasteiger partial charge in [-0.3, -0.25) is 4.79 Å². The third kappa shape index (κ3) is 6.67. The number of ether oxygens (including phenoxy) is 1. The smallest absolute Gasteiger partial charge is 0.220 e. The van der Waals surface area contributed by atoms with E-state index in [1.807, 2.05) is 24.3 Å². The van der Waals surface area contributed by atoms with Gasteiger partial charge >= 0.3 is 0 Å². The maximum absolute atomic E-state index is 11.9. The predicted molar refractivity (Wildman–Crippen MR) is 91.8 cm³/mol. The lowest BCUT2D eigenvalue weighted by Crippen LogP contribution is -2.33. The SMILES string of the molecule is COc1cccc(CCC(=O)NCCC2CCCNC2)c1.Cl. The highest BCUT2D eigenvalue weighted by atomic mass is 35.5. The van der Waals surface area contributed by atoms with Gasteiger partial charge in [0.2, 0.25) is 5.91 Å². The fraction of sp³-hybridized carbons (Fsp3) is 0.588. The fourth-order valence-electron chi connectivity index (χ4n) is 2.76. The third-order valence-corrected chi connectivity index (χ3v) is 4.05. The van der Waals surface area contributed by atoms with E-state index in [-0.39, 0.29) is 18.3 Å². The van der Waals surface area contributed by atoms with Crippen LogP contribution in [-0.4, -0.2) is 32.7 Å². The average Bonchev–Trinajstić information content (AvgIpc) is 2.54. The van der Waals surface area contributed by atoms with Crippen molar-refractivity contribution in [3.63, 3.8) is 0 Å². The fourth-order valence-corrected chi connectivity index (χ4v) is 2.76. The van der Waals surface area contributed by atoms with Gasteiger partial charge in [0.1, 0.15) is 5.75 Å². The zero-order valence-electron chi connectivity index (χ0n) is 13.3. The summed E-state index contributed by atoms with van der Waals surface area (Å²) in [6.07, 6.45) is 4.92. The summed E-state index contributed by atoms with van der Waals surface area (Å²) < 4.78 is 5.19. The molecule has 1 saturated heterocycles. The minimum absolute atomic E-state index is 0. The molecule has 4 nitrogen and oxygen atoms in total. The first-order valence-corrected chi connectivity index (χ1v) is 7.88. The van der Waals surface area contributed by atoms with Crippen LogP contribution >= 0.6 is 12.4 Å². The number of methoxy groups -OCH3 is 1. The van der Waals surface area contributed by atoms with Crippen LogP contribution in [0.4, 0.5) is 0 Å². The number of hydrogen-bond donors (Lipinski definition) is 2. The van der Waals surface area contributed by atoms with Crippen molar-refractivity contribution in [1.82, 2.24) is 10.6 Å². The summed E-state index contributed by atoms with van der Waals surface area (Å²) >= 11 is 0. The van der Waals surface area contributed by atoms with Crippen molar-refractivity contribution in [3.8, 4) is 5.75 Å². The largest absolute Gasteiger partial charge is 0.497 e. The number of hydrogen-bond acceptors (Lipinski definition) is 3. The van der Waals surface area contributed by atoms with Crippen LogP contribution in [0.2, 0.25) is 0 Å². The Hall–Kier alpha value is -1.26. The van der Waals surface area contributed by atoms with Crippen LogP contribution in [0, 0.1) is 5.92 Å². The Balaban J connectivity index is 0.00000242. The lowest BCUT2D eigenvalue weighted by atomic mass is 9.96. The first-order valence-electron chi connectivity index (χ1n) is 7.88. The van der Waals surface area contributed by atoms with Gasteiger partial charge in [-0.25, -0.2) is 0 Å². The molecule has 124 valence electrons. The van der Waals surface area contributed by atoms with E-state index in [0.717, 1.165) is 49.7 Å². The number of rotatable bonds is 7. The van der Waals surface area contributed by atoms with Gasteiger partial charge in [0.05, 0.1) is 7.11 Å². The number of benzene rings is 1. The van der Waals surface area contributed by atoms with Crippen molar-refractivity contribution in [2.24, 2.45) is 5.92 Å². The summed E-state index contributed by atoms with van der Waals surface area (Å²) in [6.45, 7) is 3.03. The minimum atomic E-state index is 0. The molecule has 1 aliphatic heterocycles. The second-order valence-electron chi connectivity index (χ2n) is 5.70. The van der Waals surface area contributed by atoms with Gasteiger partial charge in [-0.05, 0) is 62.4 Å². The van der Waals surface area contributed by atoms with E-state index < -0.39 is 0 Å². The monoisotopic (exact) mass is 326 g/mol. The van der Waals surface area contributed by atoms with Crippen LogP contribution in [-0.2, 0) is 11.2 Å². The van der Waals surface area contributed by atoms with Gasteiger partial charge in [0.15, 0.2) is 0 Å². The highest BCUT2D eigenvalue weighted by molar-refractivity contribution is 5.85. The molecule has 1 aromatic carbocycles. The molecule has 2 N–H and O–H groups in total. The molecule has 1 amide bonds. The summed E-state index contributed by atoms with van der Waals surface area (Å²) in [5.41, 5.74) is 1.14. The number of amides is 1. The molecular weight excluding hydrogens is 300 g/mol. The standard InChI is InChI=1S/C17H26N2O2.ClH/c1-21-16-6-2-4-14(12-16)7-8-17(20)19-11-9-15-5-3-10-18-13-15;/h2,4,6,12,15,18H,3,5,7-11,13H2,1H3,(H,19,20);1H. The Morgan fingerprint density at radius 2 is 2.32 bits per heavy atom. The Morgan fingerprint density at radius 3 is 3.05 bits per heavy atom. The molecule has 0 saturated carbocycles. The van der Waals surface area contributed by atoms with Crippen LogP contribution in [0.15, 0.2) is 24.3 Å². The Kier molecular flexibility index (Phi) is 8.94. The van der Waals surface area contributed by atoms with Gasteiger partial charge in [-0.2, -0.15) is 0 Å². The second-order valence-corrected chi connectivity index (χ2v) is 5.70. The van der Waals surface area contributed by atoms with E-state index in [9.17, 15) is 4.79 Å². The molecule has 0 bridgehead atoms.